The van der Waals surface area contributed by atoms with Gasteiger partial charge in [0.05, 0.1) is 6.04 Å². The summed E-state index contributed by atoms with van der Waals surface area (Å²) in [5, 5.41) is 3.44. The zero-order valence-corrected chi connectivity index (χ0v) is 11.6. The molecule has 2 heterocycles. The van der Waals surface area contributed by atoms with E-state index in [0.29, 0.717) is 6.61 Å². The van der Waals surface area contributed by atoms with E-state index in [2.05, 4.69) is 38.4 Å². The van der Waals surface area contributed by atoms with Crippen LogP contribution < -0.4 is 10.1 Å². The Kier molecular flexibility index (Phi) is 2.96. The predicted molar refractivity (Wildman–Crippen MR) is 75.0 cm³/mol. The van der Waals surface area contributed by atoms with Gasteiger partial charge in [-0.05, 0) is 40.5 Å². The van der Waals surface area contributed by atoms with E-state index in [1.54, 1.807) is 6.20 Å². The van der Waals surface area contributed by atoms with Crippen LogP contribution in [-0.2, 0) is 0 Å². The molecular weight excluding hydrogens is 292 g/mol. The normalized spacial score (nSPS) is 17.1. The Hall–Kier alpha value is -1.55. The lowest BCUT2D eigenvalue weighted by Gasteiger charge is -2.14. The third kappa shape index (κ3) is 2.08. The fourth-order valence-electron chi connectivity index (χ4n) is 2.14. The van der Waals surface area contributed by atoms with Crippen LogP contribution in [0.15, 0.2) is 41.0 Å². The molecule has 0 bridgehead atoms. The number of rotatable bonds is 2. The van der Waals surface area contributed by atoms with Gasteiger partial charge in [0.2, 0.25) is 0 Å². The lowest BCUT2D eigenvalue weighted by Crippen LogP contribution is -2.13. The Morgan fingerprint density at radius 2 is 2.22 bits per heavy atom. The zero-order valence-electron chi connectivity index (χ0n) is 9.98. The number of hydrogen-bond donors (Lipinski definition) is 1. The molecule has 0 aliphatic carbocycles. The fourth-order valence-corrected chi connectivity index (χ4v) is 2.58. The molecule has 0 saturated carbocycles. The maximum absolute atomic E-state index is 5.65. The number of nitrogens with one attached hydrogen (secondary N) is 1. The predicted octanol–water partition coefficient (Wildman–Crippen LogP) is 3.70. The summed E-state index contributed by atoms with van der Waals surface area (Å²) < 4.78 is 6.64. The number of nitrogens with zero attached hydrogens (tertiary/aromatic N) is 1. The molecule has 0 fully saturated rings. The van der Waals surface area contributed by atoms with Crippen LogP contribution in [0.25, 0.3) is 0 Å². The van der Waals surface area contributed by atoms with Gasteiger partial charge in [-0.15, -0.1) is 0 Å². The number of benzene rings is 1. The number of ether oxygens (including phenoxy) is 1. The minimum atomic E-state index is 0.175. The number of aromatic nitrogens is 1. The van der Waals surface area contributed by atoms with E-state index in [1.807, 2.05) is 25.1 Å². The molecule has 1 unspecified atom stereocenters. The lowest BCUT2D eigenvalue weighted by molar-refractivity contribution is 0.339. The summed E-state index contributed by atoms with van der Waals surface area (Å²) in [5.74, 6) is 1.87. The summed E-state index contributed by atoms with van der Waals surface area (Å²) in [6.07, 6.45) is 1.80. The van der Waals surface area contributed by atoms with E-state index < -0.39 is 0 Å². The van der Waals surface area contributed by atoms with Crippen molar-refractivity contribution in [3.8, 4) is 5.75 Å². The first-order chi connectivity index (χ1) is 8.74. The Morgan fingerprint density at radius 3 is 3.06 bits per heavy atom. The van der Waals surface area contributed by atoms with Gasteiger partial charge >= 0.3 is 0 Å². The molecule has 92 valence electrons. The van der Waals surface area contributed by atoms with Crippen molar-refractivity contribution >= 4 is 21.7 Å². The molecule has 0 amide bonds. The molecule has 3 nitrogen and oxygen atoms in total. The zero-order chi connectivity index (χ0) is 12.5. The Balaban J connectivity index is 1.86. The minimum absolute atomic E-state index is 0.175. The van der Waals surface area contributed by atoms with Gasteiger partial charge in [-0.25, -0.2) is 4.98 Å². The van der Waals surface area contributed by atoms with Crippen LogP contribution in [0.1, 0.15) is 17.2 Å². The molecule has 1 atom stereocenters. The molecule has 1 aromatic carbocycles. The molecule has 1 aliphatic rings. The average Bonchev–Trinajstić information content (AvgIpc) is 2.76. The van der Waals surface area contributed by atoms with E-state index >= 15 is 0 Å². The SMILES string of the molecule is Cc1cc(Br)cnc1NC1COc2ccccc21. The summed E-state index contributed by atoms with van der Waals surface area (Å²) in [6, 6.07) is 10.3. The standard InChI is InChI=1S/C14H13BrN2O/c1-9-6-10(15)7-16-14(9)17-12-8-18-13-5-3-2-4-11(12)13/h2-7,12H,8H2,1H3,(H,16,17). The summed E-state index contributed by atoms with van der Waals surface area (Å²) >= 11 is 3.42. The molecule has 0 spiro atoms. The second-order valence-electron chi connectivity index (χ2n) is 4.36. The highest BCUT2D eigenvalue weighted by Crippen LogP contribution is 2.34. The van der Waals surface area contributed by atoms with Crippen molar-refractivity contribution in [1.82, 2.24) is 4.98 Å². The molecule has 0 radical (unpaired) electrons. The van der Waals surface area contributed by atoms with E-state index in [9.17, 15) is 0 Å². The quantitative estimate of drug-likeness (QED) is 0.918. The van der Waals surface area contributed by atoms with E-state index in [-0.39, 0.29) is 6.04 Å². The smallest absolute Gasteiger partial charge is 0.129 e. The maximum Gasteiger partial charge on any atom is 0.129 e. The van der Waals surface area contributed by atoms with Gasteiger partial charge in [0, 0.05) is 16.2 Å². The molecular formula is C14H13BrN2O. The first-order valence-electron chi connectivity index (χ1n) is 5.84. The Bertz CT molecular complexity index is 586. The maximum atomic E-state index is 5.65. The highest BCUT2D eigenvalue weighted by Gasteiger charge is 2.23. The number of hydrogen-bond acceptors (Lipinski definition) is 3. The van der Waals surface area contributed by atoms with Gasteiger partial charge in [-0.3, -0.25) is 0 Å². The Labute approximate surface area is 114 Å². The van der Waals surface area contributed by atoms with Crippen LogP contribution >= 0.6 is 15.9 Å². The third-order valence-corrected chi connectivity index (χ3v) is 3.49. The summed E-state index contributed by atoms with van der Waals surface area (Å²) in [5.41, 5.74) is 2.32. The van der Waals surface area contributed by atoms with Crippen LogP contribution in [0.4, 0.5) is 5.82 Å². The van der Waals surface area contributed by atoms with Gasteiger partial charge in [0.1, 0.15) is 18.2 Å². The number of halogens is 1. The monoisotopic (exact) mass is 304 g/mol. The largest absolute Gasteiger partial charge is 0.491 e. The molecule has 3 rings (SSSR count). The topological polar surface area (TPSA) is 34.2 Å². The van der Waals surface area contributed by atoms with Crippen LogP contribution in [-0.4, -0.2) is 11.6 Å². The van der Waals surface area contributed by atoms with Crippen molar-refractivity contribution in [1.29, 1.82) is 0 Å². The van der Waals surface area contributed by atoms with Gasteiger partial charge < -0.3 is 10.1 Å². The summed E-state index contributed by atoms with van der Waals surface area (Å²) in [4.78, 5) is 4.40. The van der Waals surface area contributed by atoms with Crippen molar-refractivity contribution in [3.63, 3.8) is 0 Å². The minimum Gasteiger partial charge on any atom is -0.491 e. The van der Waals surface area contributed by atoms with Gasteiger partial charge in [0.15, 0.2) is 0 Å². The second kappa shape index (κ2) is 4.61. The first kappa shape index (κ1) is 11.5. The van der Waals surface area contributed by atoms with E-state index in [1.165, 1.54) is 5.56 Å². The third-order valence-electron chi connectivity index (χ3n) is 3.06. The summed E-state index contributed by atoms with van der Waals surface area (Å²) in [7, 11) is 0. The highest BCUT2D eigenvalue weighted by molar-refractivity contribution is 9.10. The van der Waals surface area contributed by atoms with Crippen molar-refractivity contribution in [2.45, 2.75) is 13.0 Å². The Morgan fingerprint density at radius 1 is 1.39 bits per heavy atom. The molecule has 4 heteroatoms. The number of aryl methyl sites for hydroxylation is 1. The fraction of sp³-hybridized carbons (Fsp3) is 0.214. The number of pyridine rings is 1. The molecule has 1 aromatic heterocycles. The molecule has 0 saturated heterocycles. The molecule has 1 aliphatic heterocycles. The number of para-hydroxylation sites is 1. The van der Waals surface area contributed by atoms with Crippen LogP contribution in [0.3, 0.4) is 0 Å². The van der Waals surface area contributed by atoms with E-state index in [4.69, 9.17) is 4.74 Å². The second-order valence-corrected chi connectivity index (χ2v) is 5.28. The molecule has 18 heavy (non-hydrogen) atoms. The molecule has 2 aromatic rings. The molecule has 1 N–H and O–H groups in total. The van der Waals surface area contributed by atoms with Crippen molar-refractivity contribution in [2.75, 3.05) is 11.9 Å². The van der Waals surface area contributed by atoms with Crippen LogP contribution in [0, 0.1) is 6.92 Å². The van der Waals surface area contributed by atoms with Crippen molar-refractivity contribution in [2.24, 2.45) is 0 Å². The van der Waals surface area contributed by atoms with Gasteiger partial charge in [-0.2, -0.15) is 0 Å². The van der Waals surface area contributed by atoms with Crippen LogP contribution in [0.5, 0.6) is 5.75 Å². The number of fused-ring (bicyclic) bond motifs is 1. The van der Waals surface area contributed by atoms with Crippen LogP contribution in [0.2, 0.25) is 0 Å². The first-order valence-corrected chi connectivity index (χ1v) is 6.64. The lowest BCUT2D eigenvalue weighted by atomic mass is 10.1. The van der Waals surface area contributed by atoms with Gasteiger partial charge in [0.25, 0.3) is 0 Å². The van der Waals surface area contributed by atoms with E-state index in [0.717, 1.165) is 21.6 Å². The van der Waals surface area contributed by atoms with Crippen molar-refractivity contribution in [3.05, 3.63) is 52.1 Å². The van der Waals surface area contributed by atoms with Gasteiger partial charge in [-0.1, -0.05) is 18.2 Å². The average molecular weight is 305 g/mol. The summed E-state index contributed by atoms with van der Waals surface area (Å²) in [6.45, 7) is 2.69. The highest BCUT2D eigenvalue weighted by atomic mass is 79.9. The van der Waals surface area contributed by atoms with Crippen molar-refractivity contribution < 1.29 is 4.74 Å². The number of anilines is 1.